The van der Waals surface area contributed by atoms with E-state index in [-0.39, 0.29) is 0 Å². The van der Waals surface area contributed by atoms with Gasteiger partial charge in [-0.2, -0.15) is 9.65 Å². The Labute approximate surface area is 113 Å². The fraction of sp³-hybridized carbons (Fsp3) is 0. The summed E-state index contributed by atoms with van der Waals surface area (Å²) < 4.78 is 14.2. The predicted molar refractivity (Wildman–Crippen MR) is 72.0 cm³/mol. The maximum Gasteiger partial charge on any atom is 0.220 e. The van der Waals surface area contributed by atoms with Crippen molar-refractivity contribution in [2.24, 2.45) is 0 Å². The number of hydrogen-bond acceptors (Lipinski definition) is 2. The molecule has 0 saturated heterocycles. The van der Waals surface area contributed by atoms with Crippen LogP contribution in [0.2, 0.25) is 0 Å². The summed E-state index contributed by atoms with van der Waals surface area (Å²) in [5, 5.41) is 8.82. The van der Waals surface area contributed by atoms with Crippen molar-refractivity contribution in [3.05, 3.63) is 63.6 Å². The fourth-order valence-corrected chi connectivity index (χ4v) is 1.82. The Morgan fingerprint density at radius 2 is 2.00 bits per heavy atom. The quantitative estimate of drug-likeness (QED) is 0.786. The SMILES string of the molecule is N#Cc1ccc(Br)c(/C=C\c2cccnc2F)c1. The van der Waals surface area contributed by atoms with Crippen molar-refractivity contribution in [1.82, 2.24) is 4.98 Å². The third-order valence-electron chi connectivity index (χ3n) is 2.36. The van der Waals surface area contributed by atoms with Crippen LogP contribution in [0.5, 0.6) is 0 Å². The average Bonchev–Trinajstić information content (AvgIpc) is 2.39. The zero-order valence-corrected chi connectivity index (χ0v) is 10.9. The highest BCUT2D eigenvalue weighted by Gasteiger charge is 2.00. The molecule has 18 heavy (non-hydrogen) atoms. The molecule has 1 heterocycles. The van der Waals surface area contributed by atoms with E-state index in [9.17, 15) is 4.39 Å². The molecule has 1 aromatic heterocycles. The molecule has 0 bridgehead atoms. The second-order valence-electron chi connectivity index (χ2n) is 3.56. The van der Waals surface area contributed by atoms with Gasteiger partial charge in [0.1, 0.15) is 0 Å². The second kappa shape index (κ2) is 5.56. The summed E-state index contributed by atoms with van der Waals surface area (Å²) >= 11 is 3.38. The van der Waals surface area contributed by atoms with Crippen LogP contribution < -0.4 is 0 Å². The van der Waals surface area contributed by atoms with Crippen molar-refractivity contribution in [2.45, 2.75) is 0 Å². The molecule has 1 aromatic carbocycles. The first-order valence-corrected chi connectivity index (χ1v) is 5.98. The van der Waals surface area contributed by atoms with Crippen LogP contribution in [0, 0.1) is 17.3 Å². The lowest BCUT2D eigenvalue weighted by molar-refractivity contribution is 0.581. The molecule has 0 amide bonds. The predicted octanol–water partition coefficient (Wildman–Crippen LogP) is 4.03. The first-order valence-electron chi connectivity index (χ1n) is 5.19. The molecule has 0 spiro atoms. The molecule has 0 N–H and O–H groups in total. The van der Waals surface area contributed by atoms with Crippen molar-refractivity contribution in [2.75, 3.05) is 0 Å². The van der Waals surface area contributed by atoms with Gasteiger partial charge in [-0.25, -0.2) is 4.98 Å². The highest BCUT2D eigenvalue weighted by molar-refractivity contribution is 9.10. The Balaban J connectivity index is 2.35. The number of aromatic nitrogens is 1. The van der Waals surface area contributed by atoms with Gasteiger partial charge in [0.25, 0.3) is 0 Å². The van der Waals surface area contributed by atoms with Gasteiger partial charge in [0.15, 0.2) is 0 Å². The van der Waals surface area contributed by atoms with Gasteiger partial charge in [-0.05, 0) is 42.0 Å². The molecular weight excluding hydrogens is 295 g/mol. The van der Waals surface area contributed by atoms with Crippen molar-refractivity contribution in [1.29, 1.82) is 5.26 Å². The van der Waals surface area contributed by atoms with Gasteiger partial charge in [0.05, 0.1) is 11.6 Å². The number of halogens is 2. The average molecular weight is 303 g/mol. The molecule has 0 unspecified atom stereocenters. The van der Waals surface area contributed by atoms with E-state index in [4.69, 9.17) is 5.26 Å². The van der Waals surface area contributed by atoms with Crippen LogP contribution in [0.4, 0.5) is 4.39 Å². The number of nitrogens with zero attached hydrogens (tertiary/aromatic N) is 2. The molecule has 4 heteroatoms. The van der Waals surface area contributed by atoms with Crippen LogP contribution in [0.15, 0.2) is 41.0 Å². The molecule has 0 aliphatic rings. The number of pyridine rings is 1. The summed E-state index contributed by atoms with van der Waals surface area (Å²) in [6.45, 7) is 0. The second-order valence-corrected chi connectivity index (χ2v) is 4.42. The Bertz CT molecular complexity index is 644. The fourth-order valence-electron chi connectivity index (χ4n) is 1.44. The lowest BCUT2D eigenvalue weighted by atomic mass is 10.1. The minimum absolute atomic E-state index is 0.409. The summed E-state index contributed by atoms with van der Waals surface area (Å²) in [4.78, 5) is 3.57. The van der Waals surface area contributed by atoms with Gasteiger partial charge in [0.2, 0.25) is 5.95 Å². The van der Waals surface area contributed by atoms with Gasteiger partial charge >= 0.3 is 0 Å². The molecule has 0 saturated carbocycles. The zero-order chi connectivity index (χ0) is 13.0. The Kier molecular flexibility index (Phi) is 3.85. The Hall–Kier alpha value is -1.99. The summed E-state index contributed by atoms with van der Waals surface area (Å²) in [5.74, 6) is -0.513. The molecule has 0 atom stereocenters. The van der Waals surface area contributed by atoms with E-state index in [1.807, 2.05) is 0 Å². The monoisotopic (exact) mass is 302 g/mol. The van der Waals surface area contributed by atoms with Crippen LogP contribution in [0.1, 0.15) is 16.7 Å². The zero-order valence-electron chi connectivity index (χ0n) is 9.27. The highest BCUT2D eigenvalue weighted by Crippen LogP contribution is 2.21. The van der Waals surface area contributed by atoms with Crippen molar-refractivity contribution in [3.63, 3.8) is 0 Å². The van der Waals surface area contributed by atoms with Gasteiger partial charge in [0, 0.05) is 16.2 Å². The van der Waals surface area contributed by atoms with Crippen molar-refractivity contribution < 1.29 is 4.39 Å². The minimum Gasteiger partial charge on any atom is -0.228 e. The third-order valence-corrected chi connectivity index (χ3v) is 3.08. The Morgan fingerprint density at radius 1 is 1.22 bits per heavy atom. The number of nitriles is 1. The molecule has 0 aliphatic carbocycles. The van der Waals surface area contributed by atoms with Gasteiger partial charge in [-0.1, -0.05) is 22.0 Å². The largest absolute Gasteiger partial charge is 0.228 e. The summed E-state index contributed by atoms with van der Waals surface area (Å²) in [6.07, 6.45) is 4.77. The van der Waals surface area contributed by atoms with E-state index in [1.165, 1.54) is 6.20 Å². The van der Waals surface area contributed by atoms with Crippen molar-refractivity contribution >= 4 is 28.1 Å². The summed E-state index contributed by atoms with van der Waals surface area (Å²) in [6, 6.07) is 10.6. The van der Waals surface area contributed by atoms with E-state index in [0.717, 1.165) is 10.0 Å². The summed E-state index contributed by atoms with van der Waals surface area (Å²) in [5.41, 5.74) is 1.79. The lowest BCUT2D eigenvalue weighted by Gasteiger charge is -1.99. The van der Waals surface area contributed by atoms with Gasteiger partial charge < -0.3 is 0 Å². The Morgan fingerprint density at radius 3 is 2.72 bits per heavy atom. The van der Waals surface area contributed by atoms with Gasteiger partial charge in [-0.3, -0.25) is 0 Å². The third kappa shape index (κ3) is 2.82. The maximum absolute atomic E-state index is 13.3. The van der Waals surface area contributed by atoms with E-state index < -0.39 is 5.95 Å². The highest BCUT2D eigenvalue weighted by atomic mass is 79.9. The van der Waals surface area contributed by atoms with Crippen LogP contribution in [-0.2, 0) is 0 Å². The van der Waals surface area contributed by atoms with E-state index in [0.29, 0.717) is 11.1 Å². The molecule has 0 radical (unpaired) electrons. The van der Waals surface area contributed by atoms with Gasteiger partial charge in [-0.15, -0.1) is 0 Å². The molecule has 2 nitrogen and oxygen atoms in total. The maximum atomic E-state index is 13.3. The summed E-state index contributed by atoms with van der Waals surface area (Å²) in [7, 11) is 0. The van der Waals surface area contributed by atoms with Crippen LogP contribution in [0.25, 0.3) is 12.2 Å². The molecule has 0 fully saturated rings. The topological polar surface area (TPSA) is 36.7 Å². The molecule has 0 aliphatic heterocycles. The van der Waals surface area contributed by atoms with E-state index in [1.54, 1.807) is 42.5 Å². The van der Waals surface area contributed by atoms with Crippen LogP contribution >= 0.6 is 15.9 Å². The normalized spacial score (nSPS) is 10.5. The smallest absolute Gasteiger partial charge is 0.220 e. The molecule has 2 rings (SSSR count). The standard InChI is InChI=1S/C14H8BrFN2/c15-13-6-3-10(9-17)8-12(13)5-4-11-2-1-7-18-14(11)16/h1-8H/b5-4-. The number of hydrogen-bond donors (Lipinski definition) is 0. The van der Waals surface area contributed by atoms with Crippen LogP contribution in [0.3, 0.4) is 0 Å². The number of rotatable bonds is 2. The van der Waals surface area contributed by atoms with E-state index in [2.05, 4.69) is 27.0 Å². The first kappa shape index (κ1) is 12.5. The number of benzene rings is 1. The lowest BCUT2D eigenvalue weighted by Crippen LogP contribution is -1.85. The van der Waals surface area contributed by atoms with Crippen LogP contribution in [-0.4, -0.2) is 4.98 Å². The van der Waals surface area contributed by atoms with Crippen molar-refractivity contribution in [3.8, 4) is 6.07 Å². The molecule has 2 aromatic rings. The van der Waals surface area contributed by atoms with E-state index >= 15 is 0 Å². The minimum atomic E-state index is -0.513. The first-order chi connectivity index (χ1) is 8.70. The molecule has 88 valence electrons. The molecular formula is C14H8BrFN2.